The summed E-state index contributed by atoms with van der Waals surface area (Å²) in [5, 5.41) is 2.93. The van der Waals surface area contributed by atoms with Crippen LogP contribution in [-0.2, 0) is 4.74 Å². The Kier molecular flexibility index (Phi) is 3.40. The van der Waals surface area contributed by atoms with Crippen LogP contribution in [0, 0.1) is 22.9 Å². The Morgan fingerprint density at radius 2 is 1.90 bits per heavy atom. The zero-order valence-electron chi connectivity index (χ0n) is 11.4. The minimum atomic E-state index is -0.898. The molecule has 2 aliphatic carbocycles. The Labute approximate surface area is 116 Å². The normalized spacial score (nSPS) is 27.0. The number of rotatable bonds is 4. The topological polar surface area (TPSA) is 21.3 Å². The molecule has 2 aliphatic rings. The highest BCUT2D eigenvalue weighted by Crippen LogP contribution is 2.58. The van der Waals surface area contributed by atoms with Crippen molar-refractivity contribution in [3.8, 4) is 0 Å². The van der Waals surface area contributed by atoms with Crippen molar-refractivity contribution in [3.63, 3.8) is 0 Å². The lowest BCUT2D eigenvalue weighted by atomic mass is 9.51. The van der Waals surface area contributed by atoms with Gasteiger partial charge in [-0.3, -0.25) is 0 Å². The van der Waals surface area contributed by atoms with Crippen LogP contribution in [0.5, 0.6) is 0 Å². The SMILES string of the molecule is CCOC1CC(Nc2c(F)cc(F)cc2F)C12CCC2. The minimum absolute atomic E-state index is 0.00209. The van der Waals surface area contributed by atoms with Crippen LogP contribution < -0.4 is 5.32 Å². The molecule has 3 rings (SSSR count). The van der Waals surface area contributed by atoms with Gasteiger partial charge in [0, 0.05) is 30.2 Å². The molecule has 2 atom stereocenters. The molecule has 110 valence electrons. The monoisotopic (exact) mass is 285 g/mol. The van der Waals surface area contributed by atoms with E-state index in [1.54, 1.807) is 0 Å². The lowest BCUT2D eigenvalue weighted by Crippen LogP contribution is -2.64. The number of benzene rings is 1. The van der Waals surface area contributed by atoms with Crippen molar-refractivity contribution < 1.29 is 17.9 Å². The van der Waals surface area contributed by atoms with E-state index in [1.165, 1.54) is 0 Å². The summed E-state index contributed by atoms with van der Waals surface area (Å²) in [6.07, 6.45) is 4.06. The quantitative estimate of drug-likeness (QED) is 0.907. The second-order valence-corrected chi connectivity index (χ2v) is 5.71. The summed E-state index contributed by atoms with van der Waals surface area (Å²) in [4.78, 5) is 0. The Balaban J connectivity index is 1.76. The largest absolute Gasteiger partial charge is 0.378 e. The number of halogens is 3. The van der Waals surface area contributed by atoms with Gasteiger partial charge in [-0.25, -0.2) is 13.2 Å². The van der Waals surface area contributed by atoms with Crippen molar-refractivity contribution >= 4 is 5.69 Å². The van der Waals surface area contributed by atoms with Crippen LogP contribution in [0.15, 0.2) is 12.1 Å². The number of hydrogen-bond donors (Lipinski definition) is 1. The predicted octanol–water partition coefficient (Wildman–Crippen LogP) is 3.86. The molecule has 2 unspecified atom stereocenters. The van der Waals surface area contributed by atoms with E-state index in [-0.39, 0.29) is 23.2 Å². The summed E-state index contributed by atoms with van der Waals surface area (Å²) in [6.45, 7) is 2.60. The van der Waals surface area contributed by atoms with Crippen molar-refractivity contribution in [1.29, 1.82) is 0 Å². The van der Waals surface area contributed by atoms with Crippen LogP contribution in [-0.4, -0.2) is 18.8 Å². The Bertz CT molecular complexity index is 493. The first-order valence-electron chi connectivity index (χ1n) is 7.09. The van der Waals surface area contributed by atoms with E-state index in [0.717, 1.165) is 25.7 Å². The van der Waals surface area contributed by atoms with Crippen LogP contribution in [0.2, 0.25) is 0 Å². The van der Waals surface area contributed by atoms with Crippen LogP contribution in [0.4, 0.5) is 18.9 Å². The molecule has 0 aromatic heterocycles. The molecule has 0 bridgehead atoms. The third kappa shape index (κ3) is 1.99. The molecule has 2 nitrogen and oxygen atoms in total. The highest BCUT2D eigenvalue weighted by molar-refractivity contribution is 5.49. The van der Waals surface area contributed by atoms with E-state index in [1.807, 2.05) is 6.92 Å². The fourth-order valence-corrected chi connectivity index (χ4v) is 3.50. The van der Waals surface area contributed by atoms with Gasteiger partial charge in [-0.2, -0.15) is 0 Å². The maximum Gasteiger partial charge on any atom is 0.152 e. The third-order valence-corrected chi connectivity index (χ3v) is 4.76. The van der Waals surface area contributed by atoms with E-state index in [4.69, 9.17) is 4.74 Å². The fraction of sp³-hybridized carbons (Fsp3) is 0.600. The average Bonchev–Trinajstić information content (AvgIpc) is 2.28. The zero-order chi connectivity index (χ0) is 14.3. The lowest BCUT2D eigenvalue weighted by molar-refractivity contribution is -0.157. The molecule has 20 heavy (non-hydrogen) atoms. The number of ether oxygens (including phenoxy) is 1. The second kappa shape index (κ2) is 4.95. The molecule has 2 saturated carbocycles. The summed E-state index contributed by atoms with van der Waals surface area (Å²) in [5.74, 6) is -2.65. The summed E-state index contributed by atoms with van der Waals surface area (Å²) in [6, 6.07) is 1.41. The summed E-state index contributed by atoms with van der Waals surface area (Å²) in [5.41, 5.74) is -0.221. The van der Waals surface area contributed by atoms with E-state index in [2.05, 4.69) is 5.32 Å². The number of hydrogen-bond acceptors (Lipinski definition) is 2. The van der Waals surface area contributed by atoms with E-state index in [0.29, 0.717) is 18.7 Å². The van der Waals surface area contributed by atoms with Gasteiger partial charge in [0.2, 0.25) is 0 Å². The Morgan fingerprint density at radius 3 is 2.40 bits per heavy atom. The van der Waals surface area contributed by atoms with Crippen LogP contribution in [0.1, 0.15) is 32.6 Å². The van der Waals surface area contributed by atoms with Gasteiger partial charge in [0.25, 0.3) is 0 Å². The molecule has 1 aromatic rings. The molecule has 2 fully saturated rings. The predicted molar refractivity (Wildman–Crippen MR) is 70.0 cm³/mol. The molecule has 0 aliphatic heterocycles. The van der Waals surface area contributed by atoms with Gasteiger partial charge in [-0.15, -0.1) is 0 Å². The molecule has 1 N–H and O–H groups in total. The van der Waals surface area contributed by atoms with Crippen LogP contribution in [0.25, 0.3) is 0 Å². The number of anilines is 1. The van der Waals surface area contributed by atoms with Gasteiger partial charge in [0.15, 0.2) is 11.6 Å². The van der Waals surface area contributed by atoms with E-state index >= 15 is 0 Å². The molecule has 5 heteroatoms. The summed E-state index contributed by atoms with van der Waals surface area (Å²) in [7, 11) is 0. The van der Waals surface area contributed by atoms with Gasteiger partial charge in [-0.1, -0.05) is 6.42 Å². The highest BCUT2D eigenvalue weighted by atomic mass is 19.1. The standard InChI is InChI=1S/C15H18F3NO/c1-2-20-13-8-12(15(13)4-3-5-15)19-14-10(17)6-9(16)7-11(14)18/h6-7,12-13,19H,2-5,8H2,1H3. The van der Waals surface area contributed by atoms with Crippen molar-refractivity contribution in [1.82, 2.24) is 0 Å². The summed E-state index contributed by atoms with van der Waals surface area (Å²) >= 11 is 0. The highest BCUT2D eigenvalue weighted by Gasteiger charge is 2.59. The maximum absolute atomic E-state index is 13.7. The zero-order valence-corrected chi connectivity index (χ0v) is 11.4. The Morgan fingerprint density at radius 1 is 1.25 bits per heavy atom. The van der Waals surface area contributed by atoms with Crippen molar-refractivity contribution in [2.45, 2.75) is 44.8 Å². The van der Waals surface area contributed by atoms with Gasteiger partial charge in [0.1, 0.15) is 11.5 Å². The van der Waals surface area contributed by atoms with Gasteiger partial charge in [0.05, 0.1) is 6.10 Å². The van der Waals surface area contributed by atoms with Crippen molar-refractivity contribution in [2.24, 2.45) is 5.41 Å². The Hall–Kier alpha value is -1.23. The smallest absolute Gasteiger partial charge is 0.152 e. The fourth-order valence-electron chi connectivity index (χ4n) is 3.50. The molecular formula is C15H18F3NO. The molecule has 1 aromatic carbocycles. The first-order valence-corrected chi connectivity index (χ1v) is 7.09. The third-order valence-electron chi connectivity index (χ3n) is 4.76. The maximum atomic E-state index is 13.7. The first-order chi connectivity index (χ1) is 9.56. The molecule has 0 heterocycles. The number of nitrogens with one attached hydrogen (secondary N) is 1. The molecule has 0 radical (unpaired) electrons. The minimum Gasteiger partial charge on any atom is -0.378 e. The average molecular weight is 285 g/mol. The second-order valence-electron chi connectivity index (χ2n) is 5.71. The van der Waals surface area contributed by atoms with Crippen LogP contribution in [0.3, 0.4) is 0 Å². The lowest BCUT2D eigenvalue weighted by Gasteiger charge is -2.61. The van der Waals surface area contributed by atoms with Gasteiger partial charge in [-0.05, 0) is 26.2 Å². The van der Waals surface area contributed by atoms with Crippen LogP contribution >= 0.6 is 0 Å². The van der Waals surface area contributed by atoms with E-state index in [9.17, 15) is 13.2 Å². The first kappa shape index (κ1) is 13.7. The van der Waals surface area contributed by atoms with Crippen molar-refractivity contribution in [2.75, 3.05) is 11.9 Å². The molecule has 0 amide bonds. The van der Waals surface area contributed by atoms with Crippen molar-refractivity contribution in [3.05, 3.63) is 29.6 Å². The van der Waals surface area contributed by atoms with E-state index < -0.39 is 17.5 Å². The molecular weight excluding hydrogens is 267 g/mol. The molecule has 0 saturated heterocycles. The molecule has 1 spiro atoms. The van der Waals surface area contributed by atoms with Gasteiger partial charge < -0.3 is 10.1 Å². The summed E-state index contributed by atoms with van der Waals surface area (Å²) < 4.78 is 46.0. The van der Waals surface area contributed by atoms with Gasteiger partial charge >= 0.3 is 0 Å².